The third kappa shape index (κ3) is 4.46. The third-order valence-electron chi connectivity index (χ3n) is 6.36. The predicted octanol–water partition coefficient (Wildman–Crippen LogP) is 4.60. The Bertz CT molecular complexity index is 1410. The summed E-state index contributed by atoms with van der Waals surface area (Å²) in [7, 11) is 0. The highest BCUT2D eigenvalue weighted by molar-refractivity contribution is 6.51. The van der Waals surface area contributed by atoms with Gasteiger partial charge in [0, 0.05) is 30.1 Å². The van der Waals surface area contributed by atoms with Crippen molar-refractivity contribution in [2.45, 2.75) is 45.4 Å². The number of ether oxygens (including phenoxy) is 2. The van der Waals surface area contributed by atoms with E-state index < -0.39 is 23.7 Å². The molecule has 1 saturated heterocycles. The molecule has 1 aromatic heterocycles. The van der Waals surface area contributed by atoms with Crippen LogP contribution in [0.25, 0.3) is 5.76 Å². The summed E-state index contributed by atoms with van der Waals surface area (Å²) in [5, 5.41) is 11.4. The summed E-state index contributed by atoms with van der Waals surface area (Å²) >= 11 is 0. The lowest BCUT2D eigenvalue weighted by Crippen LogP contribution is -2.29. The Morgan fingerprint density at radius 1 is 1.05 bits per heavy atom. The minimum absolute atomic E-state index is 0.0218. The molecule has 0 radical (unpaired) electrons. The molecule has 1 fully saturated rings. The van der Waals surface area contributed by atoms with Crippen LogP contribution >= 0.6 is 0 Å². The highest BCUT2D eigenvalue weighted by Gasteiger charge is 2.47. The summed E-state index contributed by atoms with van der Waals surface area (Å²) in [5.41, 5.74) is 2.67. The van der Waals surface area contributed by atoms with Gasteiger partial charge in [-0.05, 0) is 86.5 Å². The fourth-order valence-electron chi connectivity index (χ4n) is 4.73. The first kappa shape index (κ1) is 24.2. The van der Waals surface area contributed by atoms with Gasteiger partial charge in [-0.1, -0.05) is 0 Å². The number of hydrogen-bond acceptors (Lipinski definition) is 7. The number of pyridine rings is 1. The molecule has 2 aliphatic heterocycles. The van der Waals surface area contributed by atoms with Crippen LogP contribution in [0.15, 0.2) is 72.6 Å². The van der Waals surface area contributed by atoms with Gasteiger partial charge in [-0.25, -0.2) is 4.79 Å². The van der Waals surface area contributed by atoms with E-state index in [1.807, 2.05) is 6.92 Å². The minimum Gasteiger partial charge on any atom is -0.507 e. The zero-order chi connectivity index (χ0) is 26.3. The molecule has 8 heteroatoms. The van der Waals surface area contributed by atoms with Crippen molar-refractivity contribution in [3.8, 4) is 5.75 Å². The average molecular weight is 499 g/mol. The molecule has 1 N–H and O–H groups in total. The molecule has 0 spiro atoms. The Labute approximate surface area is 214 Å². The number of fused-ring (bicyclic) bond motifs is 1. The van der Waals surface area contributed by atoms with Crippen LogP contribution in [-0.4, -0.2) is 40.0 Å². The van der Waals surface area contributed by atoms with Gasteiger partial charge in [0.2, 0.25) is 0 Å². The molecular formula is C29H26N2O6. The standard InChI is InChI=1S/C29H26N2O6/c1-16(2)36-29(35)19-4-7-22(8-5-19)31-25(18-10-12-30-13-11-18)24(27(33)28(31)34)26(32)20-6-9-23-21(15-20)14-17(3)37-23/h4-13,15-17,25,32H,14H2,1-3H3/b26-24-. The van der Waals surface area contributed by atoms with Gasteiger partial charge in [0.15, 0.2) is 0 Å². The van der Waals surface area contributed by atoms with Crippen molar-refractivity contribution in [3.63, 3.8) is 0 Å². The van der Waals surface area contributed by atoms with Crippen LogP contribution in [-0.2, 0) is 20.7 Å². The number of carbonyl (C=O) groups excluding carboxylic acids is 3. The van der Waals surface area contributed by atoms with Crippen molar-refractivity contribution in [3.05, 3.63) is 94.8 Å². The summed E-state index contributed by atoms with van der Waals surface area (Å²) < 4.78 is 11.0. The molecule has 1 amide bonds. The van der Waals surface area contributed by atoms with Crippen LogP contribution in [0.5, 0.6) is 5.75 Å². The van der Waals surface area contributed by atoms with Crippen molar-refractivity contribution < 1.29 is 29.0 Å². The van der Waals surface area contributed by atoms with Crippen molar-refractivity contribution >= 4 is 29.1 Å². The number of hydrogen-bond donors (Lipinski definition) is 1. The highest BCUT2D eigenvalue weighted by atomic mass is 16.5. The predicted molar refractivity (Wildman–Crippen MR) is 136 cm³/mol. The summed E-state index contributed by atoms with van der Waals surface area (Å²) in [6.07, 6.45) is 3.56. The lowest BCUT2D eigenvalue weighted by molar-refractivity contribution is -0.132. The van der Waals surface area contributed by atoms with Gasteiger partial charge in [-0.2, -0.15) is 0 Å². The number of carbonyl (C=O) groups is 3. The number of amides is 1. The zero-order valence-corrected chi connectivity index (χ0v) is 20.7. The minimum atomic E-state index is -0.889. The first-order valence-electron chi connectivity index (χ1n) is 12.1. The van der Waals surface area contributed by atoms with Crippen LogP contribution in [0.2, 0.25) is 0 Å². The number of benzene rings is 2. The molecule has 188 valence electrons. The molecular weight excluding hydrogens is 472 g/mol. The van der Waals surface area contributed by atoms with E-state index in [1.54, 1.807) is 80.8 Å². The maximum absolute atomic E-state index is 13.3. The van der Waals surface area contributed by atoms with Gasteiger partial charge >= 0.3 is 5.97 Å². The van der Waals surface area contributed by atoms with Gasteiger partial charge in [-0.15, -0.1) is 0 Å². The van der Waals surface area contributed by atoms with Crippen molar-refractivity contribution in [1.82, 2.24) is 4.98 Å². The maximum atomic E-state index is 13.3. The zero-order valence-electron chi connectivity index (χ0n) is 20.7. The first-order chi connectivity index (χ1) is 17.7. The number of aliphatic hydroxyl groups is 1. The monoisotopic (exact) mass is 498 g/mol. The second-order valence-electron chi connectivity index (χ2n) is 9.41. The van der Waals surface area contributed by atoms with Gasteiger partial charge in [0.05, 0.1) is 23.3 Å². The molecule has 0 aliphatic carbocycles. The summed E-state index contributed by atoms with van der Waals surface area (Å²) in [5.74, 6) is -1.58. The number of ketones is 1. The van der Waals surface area contributed by atoms with E-state index >= 15 is 0 Å². The molecule has 2 aromatic carbocycles. The Hall–Kier alpha value is -4.46. The van der Waals surface area contributed by atoms with Crippen molar-refractivity contribution in [2.75, 3.05) is 4.90 Å². The molecule has 2 atom stereocenters. The number of aliphatic hydroxyl groups excluding tert-OH is 1. The highest BCUT2D eigenvalue weighted by Crippen LogP contribution is 2.42. The molecule has 3 aromatic rings. The normalized spacial score (nSPS) is 20.2. The van der Waals surface area contributed by atoms with Crippen LogP contribution in [0, 0.1) is 0 Å². The number of Topliss-reactive ketones (excluding diaryl/α,β-unsaturated/α-hetero) is 1. The van der Waals surface area contributed by atoms with Crippen LogP contribution in [0.4, 0.5) is 5.69 Å². The van der Waals surface area contributed by atoms with Gasteiger partial charge in [0.1, 0.15) is 17.6 Å². The second kappa shape index (κ2) is 9.54. The number of esters is 1. The van der Waals surface area contributed by atoms with Gasteiger partial charge in [-0.3, -0.25) is 19.5 Å². The van der Waals surface area contributed by atoms with E-state index in [2.05, 4.69) is 4.98 Å². The second-order valence-corrected chi connectivity index (χ2v) is 9.41. The molecule has 3 heterocycles. The Morgan fingerprint density at radius 3 is 2.41 bits per heavy atom. The molecule has 5 rings (SSSR count). The number of nitrogens with zero attached hydrogens (tertiary/aromatic N) is 2. The number of rotatable bonds is 5. The van der Waals surface area contributed by atoms with Gasteiger partial charge < -0.3 is 14.6 Å². The molecule has 0 bridgehead atoms. The SMILES string of the molecule is CC(C)OC(=O)c1ccc(N2C(=O)C(=O)/C(=C(\O)c3ccc4c(c3)CC(C)O4)C2c2ccncc2)cc1. The fraction of sp³-hybridized carbons (Fsp3) is 0.241. The lowest BCUT2D eigenvalue weighted by Gasteiger charge is -2.25. The molecule has 37 heavy (non-hydrogen) atoms. The third-order valence-corrected chi connectivity index (χ3v) is 6.36. The quantitative estimate of drug-likeness (QED) is 0.237. The Balaban J connectivity index is 1.59. The number of aromatic nitrogens is 1. The summed E-state index contributed by atoms with van der Waals surface area (Å²) in [6.45, 7) is 5.48. The van der Waals surface area contributed by atoms with E-state index in [0.29, 0.717) is 28.8 Å². The lowest BCUT2D eigenvalue weighted by atomic mass is 9.95. The van der Waals surface area contributed by atoms with E-state index in [4.69, 9.17) is 9.47 Å². The number of anilines is 1. The molecule has 2 unspecified atom stereocenters. The van der Waals surface area contributed by atoms with Gasteiger partial charge in [0.25, 0.3) is 11.7 Å². The van der Waals surface area contributed by atoms with Crippen LogP contribution in [0.1, 0.15) is 53.9 Å². The van der Waals surface area contributed by atoms with E-state index in [1.165, 1.54) is 4.90 Å². The summed E-state index contributed by atoms with van der Waals surface area (Å²) in [6, 6.07) is 14.0. The Kier molecular flexibility index (Phi) is 6.25. The van der Waals surface area contributed by atoms with Crippen LogP contribution < -0.4 is 9.64 Å². The van der Waals surface area contributed by atoms with Crippen molar-refractivity contribution in [2.24, 2.45) is 0 Å². The fourth-order valence-corrected chi connectivity index (χ4v) is 4.73. The van der Waals surface area contributed by atoms with E-state index in [9.17, 15) is 19.5 Å². The average Bonchev–Trinajstić information content (AvgIpc) is 3.39. The topological polar surface area (TPSA) is 106 Å². The van der Waals surface area contributed by atoms with E-state index in [0.717, 1.165) is 11.3 Å². The first-order valence-corrected chi connectivity index (χ1v) is 12.1. The van der Waals surface area contributed by atoms with Crippen LogP contribution in [0.3, 0.4) is 0 Å². The van der Waals surface area contributed by atoms with E-state index in [-0.39, 0.29) is 23.5 Å². The Morgan fingerprint density at radius 2 is 1.73 bits per heavy atom. The molecule has 0 saturated carbocycles. The largest absolute Gasteiger partial charge is 0.507 e. The van der Waals surface area contributed by atoms with Crippen molar-refractivity contribution in [1.29, 1.82) is 0 Å². The maximum Gasteiger partial charge on any atom is 0.338 e. The smallest absolute Gasteiger partial charge is 0.338 e. The molecule has 8 nitrogen and oxygen atoms in total. The molecule has 2 aliphatic rings. The summed E-state index contributed by atoms with van der Waals surface area (Å²) in [4.78, 5) is 44.3.